The zero-order valence-corrected chi connectivity index (χ0v) is 10.0. The topological polar surface area (TPSA) is 63.6 Å². The summed E-state index contributed by atoms with van der Waals surface area (Å²) in [5.41, 5.74) is 3.03. The summed E-state index contributed by atoms with van der Waals surface area (Å²) in [7, 11) is 0. The second-order valence-electron chi connectivity index (χ2n) is 3.84. The number of carbonyl (C=O) groups excluding carboxylic acids is 1. The lowest BCUT2D eigenvalue weighted by Crippen LogP contribution is -2.03. The number of carbonyl (C=O) groups is 2. The van der Waals surface area contributed by atoms with Gasteiger partial charge in [-0.1, -0.05) is 6.92 Å². The molecule has 0 saturated carbocycles. The van der Waals surface area contributed by atoms with Crippen molar-refractivity contribution in [2.45, 2.75) is 33.1 Å². The van der Waals surface area contributed by atoms with E-state index in [1.807, 2.05) is 13.8 Å². The Bertz CT molecular complexity index is 424. The van der Waals surface area contributed by atoms with E-state index in [-0.39, 0.29) is 6.42 Å². The Hall–Kier alpha value is -1.84. The fourth-order valence-corrected chi connectivity index (χ4v) is 1.88. The molecular weight excluding hydrogens is 220 g/mol. The number of benzene rings is 1. The van der Waals surface area contributed by atoms with Gasteiger partial charge in [-0.3, -0.25) is 9.59 Å². The second-order valence-corrected chi connectivity index (χ2v) is 3.84. The maximum Gasteiger partial charge on any atom is 0.303 e. The van der Waals surface area contributed by atoms with Crippen LogP contribution in [0.2, 0.25) is 0 Å². The van der Waals surface area contributed by atoms with Crippen molar-refractivity contribution < 1.29 is 19.4 Å². The monoisotopic (exact) mass is 236 g/mol. The van der Waals surface area contributed by atoms with Gasteiger partial charge in [0.15, 0.2) is 0 Å². The molecule has 0 bridgehead atoms. The van der Waals surface area contributed by atoms with Crippen LogP contribution >= 0.6 is 0 Å². The highest BCUT2D eigenvalue weighted by Crippen LogP contribution is 2.24. The molecule has 0 aromatic heterocycles. The number of ether oxygens (including phenoxy) is 1. The van der Waals surface area contributed by atoms with Gasteiger partial charge in [-0.05, 0) is 48.6 Å². The first-order valence-electron chi connectivity index (χ1n) is 5.53. The molecule has 17 heavy (non-hydrogen) atoms. The fourth-order valence-electron chi connectivity index (χ4n) is 1.88. The second kappa shape index (κ2) is 6.03. The number of carboxylic acid groups (broad SMARTS) is 1. The van der Waals surface area contributed by atoms with Gasteiger partial charge in [0.2, 0.25) is 0 Å². The molecule has 4 heteroatoms. The van der Waals surface area contributed by atoms with Crippen molar-refractivity contribution >= 4 is 12.4 Å². The van der Waals surface area contributed by atoms with E-state index in [9.17, 15) is 9.59 Å². The van der Waals surface area contributed by atoms with Gasteiger partial charge in [0.25, 0.3) is 6.47 Å². The lowest BCUT2D eigenvalue weighted by Gasteiger charge is -2.12. The van der Waals surface area contributed by atoms with Gasteiger partial charge in [-0.15, -0.1) is 0 Å². The molecule has 0 aliphatic heterocycles. The number of hydrogen-bond donors (Lipinski definition) is 1. The Morgan fingerprint density at radius 3 is 2.71 bits per heavy atom. The van der Waals surface area contributed by atoms with E-state index in [1.54, 1.807) is 12.1 Å². The fraction of sp³-hybridized carbons (Fsp3) is 0.385. The van der Waals surface area contributed by atoms with E-state index in [0.717, 1.165) is 23.1 Å². The predicted octanol–water partition coefficient (Wildman–Crippen LogP) is 2.11. The first kappa shape index (κ1) is 13.2. The van der Waals surface area contributed by atoms with E-state index in [0.29, 0.717) is 18.6 Å². The van der Waals surface area contributed by atoms with Gasteiger partial charge in [0.1, 0.15) is 5.75 Å². The van der Waals surface area contributed by atoms with E-state index in [2.05, 4.69) is 0 Å². The molecule has 0 unspecified atom stereocenters. The van der Waals surface area contributed by atoms with E-state index in [1.165, 1.54) is 0 Å². The summed E-state index contributed by atoms with van der Waals surface area (Å²) in [5.74, 6) is -0.298. The number of carboxylic acids is 1. The normalized spacial score (nSPS) is 10.0. The minimum Gasteiger partial charge on any atom is -0.481 e. The van der Waals surface area contributed by atoms with Crippen LogP contribution in [0.15, 0.2) is 12.1 Å². The maximum atomic E-state index is 10.6. The van der Waals surface area contributed by atoms with Crippen molar-refractivity contribution in [1.82, 2.24) is 0 Å². The minimum atomic E-state index is -0.806. The third-order valence-corrected chi connectivity index (χ3v) is 2.69. The molecular formula is C13H16O4. The Morgan fingerprint density at radius 1 is 1.47 bits per heavy atom. The van der Waals surface area contributed by atoms with Crippen LogP contribution in [0.1, 0.15) is 30.0 Å². The number of rotatable bonds is 6. The molecule has 0 atom stereocenters. The summed E-state index contributed by atoms with van der Waals surface area (Å²) >= 11 is 0. The standard InChI is InChI=1S/C13H16O4/c1-3-10-7-11(17-8-14)6-9(2)12(10)4-5-13(15)16/h6-8H,3-5H2,1-2H3,(H,15,16). The van der Waals surface area contributed by atoms with Crippen LogP contribution in [0.25, 0.3) is 0 Å². The molecule has 0 aliphatic carbocycles. The number of hydrogen-bond acceptors (Lipinski definition) is 3. The Morgan fingerprint density at radius 2 is 2.18 bits per heavy atom. The highest BCUT2D eigenvalue weighted by Gasteiger charge is 2.09. The third-order valence-electron chi connectivity index (χ3n) is 2.69. The van der Waals surface area contributed by atoms with Crippen LogP contribution in [-0.2, 0) is 22.4 Å². The van der Waals surface area contributed by atoms with Crippen molar-refractivity contribution in [2.75, 3.05) is 0 Å². The Kier molecular flexibility index (Phi) is 4.69. The first-order chi connectivity index (χ1) is 8.08. The van der Waals surface area contributed by atoms with Crippen molar-refractivity contribution in [3.63, 3.8) is 0 Å². The van der Waals surface area contributed by atoms with Gasteiger partial charge in [-0.2, -0.15) is 0 Å². The lowest BCUT2D eigenvalue weighted by atomic mass is 9.96. The van der Waals surface area contributed by atoms with Crippen LogP contribution in [0, 0.1) is 6.92 Å². The average Bonchev–Trinajstić information content (AvgIpc) is 2.27. The molecule has 0 aliphatic rings. The summed E-state index contributed by atoms with van der Waals surface area (Å²) in [5, 5.41) is 8.70. The van der Waals surface area contributed by atoms with Crippen LogP contribution in [0.4, 0.5) is 0 Å². The van der Waals surface area contributed by atoms with Crippen molar-refractivity contribution in [3.8, 4) is 5.75 Å². The molecule has 1 rings (SSSR count). The molecule has 92 valence electrons. The zero-order chi connectivity index (χ0) is 12.8. The molecule has 0 heterocycles. The SMILES string of the molecule is CCc1cc(OC=O)cc(C)c1CCC(=O)O. The highest BCUT2D eigenvalue weighted by atomic mass is 16.5. The van der Waals surface area contributed by atoms with Crippen LogP contribution in [0.3, 0.4) is 0 Å². The zero-order valence-electron chi connectivity index (χ0n) is 10.0. The van der Waals surface area contributed by atoms with Crippen molar-refractivity contribution in [1.29, 1.82) is 0 Å². The minimum absolute atomic E-state index is 0.113. The maximum absolute atomic E-state index is 10.6. The van der Waals surface area contributed by atoms with Gasteiger partial charge >= 0.3 is 5.97 Å². The molecule has 0 radical (unpaired) electrons. The summed E-state index contributed by atoms with van der Waals surface area (Å²) < 4.78 is 4.81. The highest BCUT2D eigenvalue weighted by molar-refractivity contribution is 5.67. The molecule has 0 amide bonds. The average molecular weight is 236 g/mol. The number of aryl methyl sites for hydroxylation is 2. The van der Waals surface area contributed by atoms with E-state index >= 15 is 0 Å². The van der Waals surface area contributed by atoms with Gasteiger partial charge in [0, 0.05) is 6.42 Å². The summed E-state index contributed by atoms with van der Waals surface area (Å²) in [6.45, 7) is 4.28. The predicted molar refractivity (Wildman–Crippen MR) is 63.2 cm³/mol. The Balaban J connectivity index is 3.02. The van der Waals surface area contributed by atoms with Gasteiger partial charge < -0.3 is 9.84 Å². The summed E-state index contributed by atoms with van der Waals surface area (Å²) in [6, 6.07) is 3.54. The molecule has 4 nitrogen and oxygen atoms in total. The van der Waals surface area contributed by atoms with Crippen LogP contribution in [-0.4, -0.2) is 17.5 Å². The van der Waals surface area contributed by atoms with Gasteiger partial charge in [0.05, 0.1) is 0 Å². The quantitative estimate of drug-likeness (QED) is 0.768. The summed E-state index contributed by atoms with van der Waals surface area (Å²) in [4.78, 5) is 20.9. The number of aliphatic carboxylic acids is 1. The first-order valence-corrected chi connectivity index (χ1v) is 5.53. The molecule has 1 N–H and O–H groups in total. The Labute approximate surface area is 100 Å². The smallest absolute Gasteiger partial charge is 0.303 e. The van der Waals surface area contributed by atoms with Crippen molar-refractivity contribution in [3.05, 3.63) is 28.8 Å². The third kappa shape index (κ3) is 3.59. The summed E-state index contributed by atoms with van der Waals surface area (Å²) in [6.07, 6.45) is 1.40. The molecule has 0 fully saturated rings. The van der Waals surface area contributed by atoms with Crippen LogP contribution < -0.4 is 4.74 Å². The molecule has 1 aromatic carbocycles. The van der Waals surface area contributed by atoms with E-state index in [4.69, 9.17) is 9.84 Å². The lowest BCUT2D eigenvalue weighted by molar-refractivity contribution is -0.137. The van der Waals surface area contributed by atoms with E-state index < -0.39 is 5.97 Å². The molecule has 0 saturated heterocycles. The largest absolute Gasteiger partial charge is 0.481 e. The molecule has 1 aromatic rings. The molecule has 0 spiro atoms. The van der Waals surface area contributed by atoms with Gasteiger partial charge in [-0.25, -0.2) is 0 Å². The van der Waals surface area contributed by atoms with Crippen molar-refractivity contribution in [2.24, 2.45) is 0 Å². The van der Waals surface area contributed by atoms with Crippen LogP contribution in [0.5, 0.6) is 5.75 Å².